The van der Waals surface area contributed by atoms with Gasteiger partial charge in [0.15, 0.2) is 0 Å². The third kappa shape index (κ3) is 5.20. The summed E-state index contributed by atoms with van der Waals surface area (Å²) in [4.78, 5) is 10.7. The summed E-state index contributed by atoms with van der Waals surface area (Å²) in [6, 6.07) is 2.49. The molecule has 1 heterocycles. The Morgan fingerprint density at radius 1 is 1.40 bits per heavy atom. The van der Waals surface area contributed by atoms with E-state index in [2.05, 4.69) is 4.72 Å². The van der Waals surface area contributed by atoms with Crippen LogP contribution in [-0.4, -0.2) is 37.2 Å². The molecule has 0 aliphatic carbocycles. The Hall–Kier alpha value is -0.960. The zero-order chi connectivity index (χ0) is 15.6. The van der Waals surface area contributed by atoms with Gasteiger partial charge in [0.1, 0.15) is 9.09 Å². The van der Waals surface area contributed by atoms with Gasteiger partial charge in [-0.05, 0) is 24.0 Å². The number of hydrogen-bond acceptors (Lipinski definition) is 5. The first kappa shape index (κ1) is 17.1. The van der Waals surface area contributed by atoms with E-state index in [0.717, 1.165) is 0 Å². The summed E-state index contributed by atoms with van der Waals surface area (Å²) in [5, 5.41) is 18.5. The second-order valence-corrected chi connectivity index (χ2v) is 8.77. The third-order valence-electron chi connectivity index (χ3n) is 2.41. The molecule has 3 N–H and O–H groups in total. The number of nitrogens with one attached hydrogen (secondary N) is 1. The summed E-state index contributed by atoms with van der Waals surface area (Å²) in [5.74, 6) is -1.16. The molecule has 0 radical (unpaired) electrons. The van der Waals surface area contributed by atoms with Crippen LogP contribution >= 0.6 is 11.3 Å². The van der Waals surface area contributed by atoms with Crippen LogP contribution in [0.5, 0.6) is 0 Å². The van der Waals surface area contributed by atoms with Gasteiger partial charge < -0.3 is 10.2 Å². The first-order chi connectivity index (χ1) is 9.01. The summed E-state index contributed by atoms with van der Waals surface area (Å²) in [5.41, 5.74) is -0.107. The molecule has 1 aromatic heterocycles. The fourth-order valence-electron chi connectivity index (χ4n) is 1.64. The van der Waals surface area contributed by atoms with Gasteiger partial charge in [-0.25, -0.2) is 17.9 Å². The molecule has 0 amide bonds. The van der Waals surface area contributed by atoms with E-state index < -0.39 is 22.1 Å². The minimum absolute atomic E-state index is 0.0411. The maximum Gasteiger partial charge on any atom is 0.345 e. The van der Waals surface area contributed by atoms with E-state index in [0.29, 0.717) is 17.8 Å². The van der Waals surface area contributed by atoms with Crippen molar-refractivity contribution in [2.45, 2.75) is 37.5 Å². The van der Waals surface area contributed by atoms with Crippen molar-refractivity contribution in [1.82, 2.24) is 4.72 Å². The first-order valence-corrected chi connectivity index (χ1v) is 8.32. The van der Waals surface area contributed by atoms with Crippen molar-refractivity contribution in [3.05, 3.63) is 17.0 Å². The average Bonchev–Trinajstić information content (AvgIpc) is 2.74. The highest BCUT2D eigenvalue weighted by Crippen LogP contribution is 2.23. The minimum atomic E-state index is -3.78. The van der Waals surface area contributed by atoms with E-state index in [-0.39, 0.29) is 21.0 Å². The minimum Gasteiger partial charge on any atom is -0.477 e. The van der Waals surface area contributed by atoms with Crippen molar-refractivity contribution < 1.29 is 23.4 Å². The summed E-state index contributed by atoms with van der Waals surface area (Å²) in [7, 11) is -3.78. The molecule has 1 aromatic rings. The largest absolute Gasteiger partial charge is 0.477 e. The number of carboxylic acid groups (broad SMARTS) is 1. The van der Waals surface area contributed by atoms with Crippen LogP contribution < -0.4 is 4.72 Å². The SMILES string of the molecule is CC(C)(C)CC(O)CNS(=O)(=O)c1ccc(C(=O)O)s1. The van der Waals surface area contributed by atoms with Crippen molar-refractivity contribution in [2.75, 3.05) is 6.54 Å². The van der Waals surface area contributed by atoms with Crippen molar-refractivity contribution in [1.29, 1.82) is 0 Å². The lowest BCUT2D eigenvalue weighted by Gasteiger charge is -2.22. The van der Waals surface area contributed by atoms with Crippen LogP contribution in [-0.2, 0) is 10.0 Å². The summed E-state index contributed by atoms with van der Waals surface area (Å²) in [6.45, 7) is 5.75. The maximum atomic E-state index is 11.9. The highest BCUT2D eigenvalue weighted by Gasteiger charge is 2.22. The smallest absolute Gasteiger partial charge is 0.345 e. The number of sulfonamides is 1. The van der Waals surface area contributed by atoms with Crippen LogP contribution in [0.2, 0.25) is 0 Å². The second-order valence-electron chi connectivity index (χ2n) is 5.69. The first-order valence-electron chi connectivity index (χ1n) is 6.02. The molecule has 0 aliphatic rings. The number of thiophene rings is 1. The molecule has 0 aliphatic heterocycles. The van der Waals surface area contributed by atoms with Gasteiger partial charge in [0, 0.05) is 6.54 Å². The molecule has 8 heteroatoms. The fraction of sp³-hybridized carbons (Fsp3) is 0.583. The van der Waals surface area contributed by atoms with Crippen LogP contribution in [0.15, 0.2) is 16.3 Å². The highest BCUT2D eigenvalue weighted by molar-refractivity contribution is 7.91. The monoisotopic (exact) mass is 321 g/mol. The Labute approximate surface area is 122 Å². The van der Waals surface area contributed by atoms with Crippen molar-refractivity contribution in [2.24, 2.45) is 5.41 Å². The Balaban J connectivity index is 2.68. The molecular weight excluding hydrogens is 302 g/mol. The number of carbonyl (C=O) groups is 1. The molecular formula is C12H19NO5S2. The number of aliphatic hydroxyl groups is 1. The van der Waals surface area contributed by atoms with E-state index in [1.807, 2.05) is 20.8 Å². The average molecular weight is 321 g/mol. The van der Waals surface area contributed by atoms with Crippen LogP contribution in [0.25, 0.3) is 0 Å². The van der Waals surface area contributed by atoms with Gasteiger partial charge in [0.25, 0.3) is 0 Å². The number of aromatic carboxylic acids is 1. The van der Waals surface area contributed by atoms with Gasteiger partial charge in [-0.2, -0.15) is 0 Å². The lowest BCUT2D eigenvalue weighted by atomic mass is 9.89. The standard InChI is InChI=1S/C12H19NO5S2/c1-12(2,3)6-8(14)7-13-20(17,18)10-5-4-9(19-10)11(15)16/h4-5,8,13-14H,6-7H2,1-3H3,(H,15,16). The zero-order valence-electron chi connectivity index (χ0n) is 11.6. The predicted octanol–water partition coefficient (Wildman–Crippen LogP) is 1.52. The normalized spacial score (nSPS) is 14.2. The molecule has 1 rings (SSSR count). The molecule has 0 bridgehead atoms. The van der Waals surface area contributed by atoms with E-state index >= 15 is 0 Å². The molecule has 20 heavy (non-hydrogen) atoms. The molecule has 0 aromatic carbocycles. The van der Waals surface area contributed by atoms with Gasteiger partial charge in [0.05, 0.1) is 6.10 Å². The van der Waals surface area contributed by atoms with E-state index in [1.165, 1.54) is 12.1 Å². The van der Waals surface area contributed by atoms with E-state index in [4.69, 9.17) is 5.11 Å². The molecule has 6 nitrogen and oxygen atoms in total. The van der Waals surface area contributed by atoms with Crippen LogP contribution in [0, 0.1) is 5.41 Å². The van der Waals surface area contributed by atoms with Gasteiger partial charge >= 0.3 is 5.97 Å². The number of hydrogen-bond donors (Lipinski definition) is 3. The molecule has 1 atom stereocenters. The molecule has 0 saturated heterocycles. The Kier molecular flexibility index (Phi) is 5.31. The topological polar surface area (TPSA) is 104 Å². The van der Waals surface area contributed by atoms with Gasteiger partial charge in [-0.15, -0.1) is 11.3 Å². The van der Waals surface area contributed by atoms with Crippen LogP contribution in [0.1, 0.15) is 36.9 Å². The molecule has 0 saturated carbocycles. The fourth-order valence-corrected chi connectivity index (χ4v) is 3.90. The molecule has 114 valence electrons. The summed E-state index contributed by atoms with van der Waals surface area (Å²) < 4.78 is 26.1. The Morgan fingerprint density at radius 3 is 2.45 bits per heavy atom. The molecule has 0 fully saturated rings. The van der Waals surface area contributed by atoms with Gasteiger partial charge in [-0.3, -0.25) is 0 Å². The van der Waals surface area contributed by atoms with Gasteiger partial charge in [-0.1, -0.05) is 20.8 Å². The molecule has 0 spiro atoms. The van der Waals surface area contributed by atoms with E-state index in [9.17, 15) is 18.3 Å². The van der Waals surface area contributed by atoms with Crippen molar-refractivity contribution in [3.8, 4) is 0 Å². The Bertz CT molecular complexity index is 571. The molecule has 1 unspecified atom stereocenters. The second kappa shape index (κ2) is 6.21. The Morgan fingerprint density at radius 2 is 2.00 bits per heavy atom. The zero-order valence-corrected chi connectivity index (χ0v) is 13.2. The van der Waals surface area contributed by atoms with Crippen LogP contribution in [0.4, 0.5) is 0 Å². The number of carboxylic acids is 1. The van der Waals surface area contributed by atoms with Crippen molar-refractivity contribution in [3.63, 3.8) is 0 Å². The lowest BCUT2D eigenvalue weighted by molar-refractivity contribution is 0.0702. The quantitative estimate of drug-likeness (QED) is 0.737. The summed E-state index contributed by atoms with van der Waals surface area (Å²) >= 11 is 0.681. The summed E-state index contributed by atoms with van der Waals surface area (Å²) in [6.07, 6.45) is -0.330. The maximum absolute atomic E-state index is 11.9. The lowest BCUT2D eigenvalue weighted by Crippen LogP contribution is -2.33. The van der Waals surface area contributed by atoms with E-state index in [1.54, 1.807) is 0 Å². The van der Waals surface area contributed by atoms with Gasteiger partial charge in [0.2, 0.25) is 10.0 Å². The number of aliphatic hydroxyl groups excluding tert-OH is 1. The highest BCUT2D eigenvalue weighted by atomic mass is 32.2. The van der Waals surface area contributed by atoms with Crippen LogP contribution in [0.3, 0.4) is 0 Å². The predicted molar refractivity (Wildman–Crippen MR) is 76.5 cm³/mol. The van der Waals surface area contributed by atoms with Crippen molar-refractivity contribution >= 4 is 27.3 Å². The number of rotatable bonds is 6. The third-order valence-corrected chi connectivity index (χ3v) is 5.40.